The van der Waals surface area contributed by atoms with Gasteiger partial charge in [-0.3, -0.25) is 0 Å². The Labute approximate surface area is 96.7 Å². The van der Waals surface area contributed by atoms with E-state index in [9.17, 15) is 0 Å². The van der Waals surface area contributed by atoms with Crippen LogP contribution in [-0.4, -0.2) is 18.3 Å². The number of fused-ring (bicyclic) bond motifs is 1. The minimum atomic E-state index is 0.677. The first kappa shape index (κ1) is 11.0. The zero-order chi connectivity index (χ0) is 10.5. The average molecular weight is 221 g/mol. The van der Waals surface area contributed by atoms with Crippen molar-refractivity contribution in [1.82, 2.24) is 5.32 Å². The van der Waals surface area contributed by atoms with Crippen LogP contribution in [0.3, 0.4) is 0 Å². The summed E-state index contributed by atoms with van der Waals surface area (Å²) in [5, 5.41) is 3.64. The van der Waals surface area contributed by atoms with Gasteiger partial charge in [-0.05, 0) is 31.0 Å². The van der Waals surface area contributed by atoms with Crippen LogP contribution in [0.25, 0.3) is 0 Å². The first-order chi connectivity index (χ1) is 7.40. The lowest BCUT2D eigenvalue weighted by Crippen LogP contribution is -2.36. The molecule has 82 valence electrons. The summed E-state index contributed by atoms with van der Waals surface area (Å²) in [6, 6.07) is 9.46. The van der Waals surface area contributed by atoms with Crippen molar-refractivity contribution in [2.24, 2.45) is 0 Å². The summed E-state index contributed by atoms with van der Waals surface area (Å²) >= 11 is 1.99. The molecule has 0 spiro atoms. The Hall–Kier alpha value is -0.470. The van der Waals surface area contributed by atoms with Crippen LogP contribution in [0.1, 0.15) is 25.3 Å². The lowest BCUT2D eigenvalue weighted by molar-refractivity contribution is 0.530. The standard InChI is InChI=1S/C13H19NS/c1-2-3-8-14-12-9-11-6-4-5-7-13(11)15-10-12/h4-7,12,14H,2-3,8-10H2,1H3/t12-/m0/s1. The van der Waals surface area contributed by atoms with Gasteiger partial charge < -0.3 is 5.32 Å². The highest BCUT2D eigenvalue weighted by Crippen LogP contribution is 2.29. The molecule has 1 aliphatic heterocycles. The maximum absolute atomic E-state index is 3.64. The fraction of sp³-hybridized carbons (Fsp3) is 0.538. The maximum atomic E-state index is 3.64. The largest absolute Gasteiger partial charge is 0.313 e. The van der Waals surface area contributed by atoms with Crippen molar-refractivity contribution in [2.75, 3.05) is 12.3 Å². The first-order valence-corrected chi connectivity index (χ1v) is 6.83. The van der Waals surface area contributed by atoms with E-state index in [1.165, 1.54) is 42.0 Å². The van der Waals surface area contributed by atoms with Crippen molar-refractivity contribution in [1.29, 1.82) is 0 Å². The Kier molecular flexibility index (Phi) is 4.09. The molecule has 0 fully saturated rings. The van der Waals surface area contributed by atoms with Gasteiger partial charge >= 0.3 is 0 Å². The van der Waals surface area contributed by atoms with Crippen molar-refractivity contribution < 1.29 is 0 Å². The van der Waals surface area contributed by atoms with Gasteiger partial charge in [0.2, 0.25) is 0 Å². The van der Waals surface area contributed by atoms with Crippen LogP contribution in [0.15, 0.2) is 29.2 Å². The summed E-state index contributed by atoms with van der Waals surface area (Å²) in [4.78, 5) is 1.48. The molecule has 1 nitrogen and oxygen atoms in total. The predicted octanol–water partition coefficient (Wildman–Crippen LogP) is 3.09. The molecule has 0 aliphatic carbocycles. The van der Waals surface area contributed by atoms with E-state index in [0.29, 0.717) is 6.04 Å². The molecule has 2 rings (SSSR count). The van der Waals surface area contributed by atoms with Gasteiger partial charge in [-0.25, -0.2) is 0 Å². The molecule has 0 saturated heterocycles. The zero-order valence-electron chi connectivity index (χ0n) is 9.33. The molecular weight excluding hydrogens is 202 g/mol. The van der Waals surface area contributed by atoms with Gasteiger partial charge in [-0.1, -0.05) is 31.5 Å². The molecule has 2 heteroatoms. The minimum Gasteiger partial charge on any atom is -0.313 e. The fourth-order valence-electron chi connectivity index (χ4n) is 1.94. The van der Waals surface area contributed by atoms with E-state index >= 15 is 0 Å². The minimum absolute atomic E-state index is 0.677. The third kappa shape index (κ3) is 2.99. The van der Waals surface area contributed by atoms with Crippen LogP contribution in [0.2, 0.25) is 0 Å². The Morgan fingerprint density at radius 3 is 3.13 bits per heavy atom. The van der Waals surface area contributed by atoms with Crippen molar-refractivity contribution in [2.45, 2.75) is 37.1 Å². The number of thioether (sulfide) groups is 1. The Balaban J connectivity index is 1.88. The molecule has 1 N–H and O–H groups in total. The molecule has 1 aromatic rings. The number of unbranched alkanes of at least 4 members (excludes halogenated alkanes) is 1. The molecule has 1 heterocycles. The van der Waals surface area contributed by atoms with Gasteiger partial charge in [0.15, 0.2) is 0 Å². The van der Waals surface area contributed by atoms with Crippen LogP contribution in [0, 0.1) is 0 Å². The molecule has 0 radical (unpaired) electrons. The van der Waals surface area contributed by atoms with E-state index in [1.54, 1.807) is 0 Å². The second-order valence-electron chi connectivity index (χ2n) is 4.13. The second-order valence-corrected chi connectivity index (χ2v) is 5.19. The fourth-order valence-corrected chi connectivity index (χ4v) is 3.07. The van der Waals surface area contributed by atoms with Gasteiger partial charge in [0.1, 0.15) is 0 Å². The molecule has 1 aliphatic rings. The van der Waals surface area contributed by atoms with Crippen LogP contribution >= 0.6 is 11.8 Å². The third-order valence-corrected chi connectivity index (χ3v) is 4.12. The smallest absolute Gasteiger partial charge is 0.0202 e. The topological polar surface area (TPSA) is 12.0 Å². The van der Waals surface area contributed by atoms with E-state index in [4.69, 9.17) is 0 Å². The molecule has 1 aromatic carbocycles. The maximum Gasteiger partial charge on any atom is 0.0202 e. The Morgan fingerprint density at radius 1 is 1.40 bits per heavy atom. The van der Waals surface area contributed by atoms with Gasteiger partial charge in [0.05, 0.1) is 0 Å². The van der Waals surface area contributed by atoms with Gasteiger partial charge in [0.25, 0.3) is 0 Å². The molecule has 0 amide bonds. The number of hydrogen-bond donors (Lipinski definition) is 1. The monoisotopic (exact) mass is 221 g/mol. The molecule has 0 unspecified atom stereocenters. The average Bonchev–Trinajstić information content (AvgIpc) is 2.29. The first-order valence-electron chi connectivity index (χ1n) is 5.84. The third-order valence-electron chi connectivity index (χ3n) is 2.84. The predicted molar refractivity (Wildman–Crippen MR) is 67.6 cm³/mol. The van der Waals surface area contributed by atoms with Crippen molar-refractivity contribution in [3.8, 4) is 0 Å². The molecule has 1 atom stereocenters. The lowest BCUT2D eigenvalue weighted by atomic mass is 10.1. The van der Waals surface area contributed by atoms with Crippen LogP contribution in [0.4, 0.5) is 0 Å². The summed E-state index contributed by atoms with van der Waals surface area (Å²) < 4.78 is 0. The van der Waals surface area contributed by atoms with Crippen molar-refractivity contribution in [3.05, 3.63) is 29.8 Å². The highest BCUT2D eigenvalue weighted by Gasteiger charge is 2.17. The summed E-state index contributed by atoms with van der Waals surface area (Å²) in [7, 11) is 0. The quantitative estimate of drug-likeness (QED) is 0.784. The lowest BCUT2D eigenvalue weighted by Gasteiger charge is -2.24. The SMILES string of the molecule is CCCCN[C@@H]1CSc2ccccc2C1. The van der Waals surface area contributed by atoms with Crippen LogP contribution in [-0.2, 0) is 6.42 Å². The van der Waals surface area contributed by atoms with Gasteiger partial charge in [-0.15, -0.1) is 11.8 Å². The normalized spacial score (nSPS) is 19.9. The van der Waals surface area contributed by atoms with Crippen LogP contribution in [0.5, 0.6) is 0 Å². The number of rotatable bonds is 4. The van der Waals surface area contributed by atoms with Gasteiger partial charge in [0, 0.05) is 16.7 Å². The molecular formula is C13H19NS. The van der Waals surface area contributed by atoms with E-state index < -0.39 is 0 Å². The van der Waals surface area contributed by atoms with E-state index in [0.717, 1.165) is 0 Å². The molecule has 0 saturated carbocycles. The Morgan fingerprint density at radius 2 is 2.27 bits per heavy atom. The van der Waals surface area contributed by atoms with Crippen molar-refractivity contribution in [3.63, 3.8) is 0 Å². The Bertz CT molecular complexity index is 311. The van der Waals surface area contributed by atoms with Crippen LogP contribution < -0.4 is 5.32 Å². The molecule has 0 aromatic heterocycles. The van der Waals surface area contributed by atoms with Crippen molar-refractivity contribution >= 4 is 11.8 Å². The zero-order valence-corrected chi connectivity index (χ0v) is 10.1. The highest BCUT2D eigenvalue weighted by molar-refractivity contribution is 7.99. The highest BCUT2D eigenvalue weighted by atomic mass is 32.2. The van der Waals surface area contributed by atoms with E-state index in [1.807, 2.05) is 11.8 Å². The number of benzene rings is 1. The van der Waals surface area contributed by atoms with E-state index in [2.05, 4.69) is 36.5 Å². The second kappa shape index (κ2) is 5.57. The summed E-state index contributed by atoms with van der Waals surface area (Å²) in [5.74, 6) is 1.22. The summed E-state index contributed by atoms with van der Waals surface area (Å²) in [6.07, 6.45) is 3.78. The summed E-state index contributed by atoms with van der Waals surface area (Å²) in [5.41, 5.74) is 1.52. The molecule has 15 heavy (non-hydrogen) atoms. The van der Waals surface area contributed by atoms with E-state index in [-0.39, 0.29) is 0 Å². The number of nitrogens with one attached hydrogen (secondary N) is 1. The summed E-state index contributed by atoms with van der Waals surface area (Å²) in [6.45, 7) is 3.41. The number of hydrogen-bond acceptors (Lipinski definition) is 2. The van der Waals surface area contributed by atoms with Gasteiger partial charge in [-0.2, -0.15) is 0 Å². The molecule has 0 bridgehead atoms.